The van der Waals surface area contributed by atoms with Crippen molar-refractivity contribution in [3.05, 3.63) is 59.2 Å². The molecule has 26 heavy (non-hydrogen) atoms. The van der Waals surface area contributed by atoms with Crippen LogP contribution in [0.2, 0.25) is 0 Å². The number of methoxy groups -OCH3 is 2. The van der Waals surface area contributed by atoms with Gasteiger partial charge in [0, 0.05) is 12.1 Å². The number of carbonyl (C=O) groups is 2. The smallest absolute Gasteiger partial charge is 0.258 e. The molecule has 5 heteroatoms. The van der Waals surface area contributed by atoms with Gasteiger partial charge in [0.15, 0.2) is 5.78 Å². The van der Waals surface area contributed by atoms with Crippen LogP contribution in [0.4, 0.5) is 0 Å². The molecular formula is C21H23NO4. The molecule has 3 rings (SSSR count). The molecule has 1 amide bonds. The molecule has 1 fully saturated rings. The molecule has 0 spiro atoms. The van der Waals surface area contributed by atoms with Gasteiger partial charge in [-0.3, -0.25) is 9.59 Å². The average Bonchev–Trinajstić information content (AvgIpc) is 3.16. The molecular weight excluding hydrogens is 330 g/mol. The highest BCUT2D eigenvalue weighted by Crippen LogP contribution is 2.28. The van der Waals surface area contributed by atoms with Gasteiger partial charge in [-0.15, -0.1) is 0 Å². The van der Waals surface area contributed by atoms with Crippen molar-refractivity contribution < 1.29 is 19.1 Å². The van der Waals surface area contributed by atoms with Gasteiger partial charge in [-0.1, -0.05) is 12.1 Å². The fourth-order valence-corrected chi connectivity index (χ4v) is 3.48. The Morgan fingerprint density at radius 1 is 1.04 bits per heavy atom. The van der Waals surface area contributed by atoms with Gasteiger partial charge in [0.05, 0.1) is 25.8 Å². The number of benzene rings is 2. The summed E-state index contributed by atoms with van der Waals surface area (Å²) in [5.74, 6) is 1.07. The van der Waals surface area contributed by atoms with E-state index >= 15 is 0 Å². The van der Waals surface area contributed by atoms with Crippen LogP contribution in [0.15, 0.2) is 42.5 Å². The summed E-state index contributed by atoms with van der Waals surface area (Å²) in [5.41, 5.74) is 1.99. The lowest BCUT2D eigenvalue weighted by Gasteiger charge is -2.24. The summed E-state index contributed by atoms with van der Waals surface area (Å²) >= 11 is 0. The van der Waals surface area contributed by atoms with Crippen LogP contribution < -0.4 is 9.47 Å². The minimum Gasteiger partial charge on any atom is -0.496 e. The third kappa shape index (κ3) is 3.29. The second-order valence-electron chi connectivity index (χ2n) is 6.41. The van der Waals surface area contributed by atoms with Crippen molar-refractivity contribution in [1.82, 2.24) is 4.90 Å². The number of ether oxygens (including phenoxy) is 2. The zero-order valence-corrected chi connectivity index (χ0v) is 15.3. The molecule has 136 valence electrons. The van der Waals surface area contributed by atoms with E-state index in [9.17, 15) is 9.59 Å². The van der Waals surface area contributed by atoms with Crippen LogP contribution in [0.3, 0.4) is 0 Å². The number of ketones is 1. The van der Waals surface area contributed by atoms with E-state index in [1.54, 1.807) is 49.5 Å². The highest BCUT2D eigenvalue weighted by molar-refractivity contribution is 6.05. The summed E-state index contributed by atoms with van der Waals surface area (Å²) < 4.78 is 10.6. The van der Waals surface area contributed by atoms with E-state index in [0.717, 1.165) is 17.7 Å². The average molecular weight is 353 g/mol. The van der Waals surface area contributed by atoms with Crippen LogP contribution in [0.5, 0.6) is 11.5 Å². The standard InChI is InChI=1S/C21H23NO4/c1-14-13-15(10-11-18(14)25-2)20(23)17-8-6-12-22(17)21(24)16-7-4-5-9-19(16)26-3/h4-5,7,9-11,13,17H,6,8,12H2,1-3H3. The first kappa shape index (κ1) is 18.0. The Labute approximate surface area is 153 Å². The Hall–Kier alpha value is -2.82. The summed E-state index contributed by atoms with van der Waals surface area (Å²) in [7, 11) is 3.15. The van der Waals surface area contributed by atoms with Crippen molar-refractivity contribution in [1.29, 1.82) is 0 Å². The molecule has 0 saturated carbocycles. The predicted octanol–water partition coefficient (Wildman–Crippen LogP) is 3.50. The van der Waals surface area contributed by atoms with Gasteiger partial charge in [-0.05, 0) is 55.7 Å². The minimum absolute atomic E-state index is 0.0310. The monoisotopic (exact) mass is 353 g/mol. The Morgan fingerprint density at radius 2 is 1.77 bits per heavy atom. The molecule has 0 aliphatic carbocycles. The number of nitrogens with zero attached hydrogens (tertiary/aromatic N) is 1. The quantitative estimate of drug-likeness (QED) is 0.772. The molecule has 2 aromatic carbocycles. The second-order valence-corrected chi connectivity index (χ2v) is 6.41. The van der Waals surface area contributed by atoms with E-state index in [2.05, 4.69) is 0 Å². The first-order valence-corrected chi connectivity index (χ1v) is 8.69. The van der Waals surface area contributed by atoms with Gasteiger partial charge >= 0.3 is 0 Å². The van der Waals surface area contributed by atoms with E-state index in [1.165, 1.54) is 0 Å². The SMILES string of the molecule is COc1ccc(C(=O)C2CCCN2C(=O)c2ccccc2OC)cc1C. The molecule has 1 saturated heterocycles. The zero-order chi connectivity index (χ0) is 18.7. The maximum atomic E-state index is 13.0. The number of likely N-dealkylation sites (tertiary alicyclic amines) is 1. The molecule has 1 unspecified atom stereocenters. The molecule has 1 atom stereocenters. The number of aryl methyl sites for hydroxylation is 1. The van der Waals surface area contributed by atoms with Crippen LogP contribution in [-0.2, 0) is 0 Å². The molecule has 0 radical (unpaired) electrons. The van der Waals surface area contributed by atoms with Gasteiger partial charge in [0.2, 0.25) is 0 Å². The molecule has 1 heterocycles. The minimum atomic E-state index is -0.444. The molecule has 0 bridgehead atoms. The molecule has 1 aliphatic rings. The van der Waals surface area contributed by atoms with Crippen molar-refractivity contribution in [3.8, 4) is 11.5 Å². The van der Waals surface area contributed by atoms with Crippen LogP contribution in [0.25, 0.3) is 0 Å². The largest absolute Gasteiger partial charge is 0.496 e. The number of hydrogen-bond donors (Lipinski definition) is 0. The Kier molecular flexibility index (Phi) is 5.26. The fourth-order valence-electron chi connectivity index (χ4n) is 3.48. The van der Waals surface area contributed by atoms with Crippen molar-refractivity contribution in [2.75, 3.05) is 20.8 Å². The van der Waals surface area contributed by atoms with E-state index in [4.69, 9.17) is 9.47 Å². The molecule has 0 aromatic heterocycles. The lowest BCUT2D eigenvalue weighted by Crippen LogP contribution is -2.40. The third-order valence-corrected chi connectivity index (χ3v) is 4.83. The van der Waals surface area contributed by atoms with E-state index in [1.807, 2.05) is 19.1 Å². The highest BCUT2D eigenvalue weighted by Gasteiger charge is 2.35. The Bertz CT molecular complexity index is 831. The first-order valence-electron chi connectivity index (χ1n) is 8.69. The van der Waals surface area contributed by atoms with E-state index < -0.39 is 6.04 Å². The highest BCUT2D eigenvalue weighted by atomic mass is 16.5. The second kappa shape index (κ2) is 7.60. The van der Waals surface area contributed by atoms with Gasteiger partial charge < -0.3 is 14.4 Å². The van der Waals surface area contributed by atoms with Crippen LogP contribution in [0, 0.1) is 6.92 Å². The summed E-state index contributed by atoms with van der Waals surface area (Å²) in [5, 5.41) is 0. The first-order chi connectivity index (χ1) is 12.6. The lowest BCUT2D eigenvalue weighted by molar-refractivity contribution is 0.0669. The maximum Gasteiger partial charge on any atom is 0.258 e. The van der Waals surface area contributed by atoms with E-state index in [0.29, 0.717) is 29.8 Å². The molecule has 1 aliphatic heterocycles. The van der Waals surface area contributed by atoms with Crippen LogP contribution >= 0.6 is 0 Å². The fraction of sp³-hybridized carbons (Fsp3) is 0.333. The number of Topliss-reactive ketones (excluding diaryl/α,β-unsaturated/α-hetero) is 1. The number of carbonyl (C=O) groups excluding carboxylic acids is 2. The third-order valence-electron chi connectivity index (χ3n) is 4.83. The summed E-state index contributed by atoms with van der Waals surface area (Å²) in [6.45, 7) is 2.48. The topological polar surface area (TPSA) is 55.8 Å². The lowest BCUT2D eigenvalue weighted by atomic mass is 9.99. The Balaban J connectivity index is 1.87. The summed E-state index contributed by atoms with van der Waals surface area (Å²) in [6.07, 6.45) is 1.48. The number of para-hydroxylation sites is 1. The molecule has 5 nitrogen and oxygen atoms in total. The van der Waals surface area contributed by atoms with Gasteiger partial charge in [0.25, 0.3) is 5.91 Å². The van der Waals surface area contributed by atoms with Crippen LogP contribution in [0.1, 0.15) is 39.1 Å². The zero-order valence-electron chi connectivity index (χ0n) is 15.3. The number of hydrogen-bond acceptors (Lipinski definition) is 4. The van der Waals surface area contributed by atoms with Crippen molar-refractivity contribution in [2.24, 2.45) is 0 Å². The van der Waals surface area contributed by atoms with E-state index in [-0.39, 0.29) is 11.7 Å². The normalized spacial score (nSPS) is 16.4. The van der Waals surface area contributed by atoms with Crippen molar-refractivity contribution in [2.45, 2.75) is 25.8 Å². The number of rotatable bonds is 5. The summed E-state index contributed by atoms with van der Waals surface area (Å²) in [4.78, 5) is 27.7. The van der Waals surface area contributed by atoms with Crippen LogP contribution in [-0.4, -0.2) is 43.4 Å². The van der Waals surface area contributed by atoms with Gasteiger partial charge in [-0.25, -0.2) is 0 Å². The van der Waals surface area contributed by atoms with Gasteiger partial charge in [-0.2, -0.15) is 0 Å². The van der Waals surface area contributed by atoms with Crippen molar-refractivity contribution >= 4 is 11.7 Å². The number of amides is 1. The van der Waals surface area contributed by atoms with Gasteiger partial charge in [0.1, 0.15) is 11.5 Å². The predicted molar refractivity (Wildman–Crippen MR) is 99.1 cm³/mol. The van der Waals surface area contributed by atoms with Crippen molar-refractivity contribution in [3.63, 3.8) is 0 Å². The maximum absolute atomic E-state index is 13.0. The molecule has 0 N–H and O–H groups in total. The summed E-state index contributed by atoms with van der Waals surface area (Å²) in [6, 6.07) is 12.1. The Morgan fingerprint density at radius 3 is 2.46 bits per heavy atom. The molecule has 2 aromatic rings.